The third-order valence-electron chi connectivity index (χ3n) is 1.62. The third kappa shape index (κ3) is 7.94. The first-order chi connectivity index (χ1) is 5.66. The van der Waals surface area contributed by atoms with Gasteiger partial charge in [-0.1, -0.05) is 0 Å². The molecule has 4 heteroatoms. The monoisotopic (exact) mass is 175 g/mol. The maximum Gasteiger partial charge on any atom is 0.0636 e. The molecule has 0 fully saturated rings. The quantitative estimate of drug-likeness (QED) is 0.427. The molecular formula is C8H21N3O. The van der Waals surface area contributed by atoms with E-state index >= 15 is 0 Å². The minimum Gasteiger partial charge on any atom is -0.392 e. The van der Waals surface area contributed by atoms with Gasteiger partial charge in [0.25, 0.3) is 0 Å². The van der Waals surface area contributed by atoms with Gasteiger partial charge in [0.05, 0.1) is 6.10 Å². The Morgan fingerprint density at radius 2 is 2.17 bits per heavy atom. The van der Waals surface area contributed by atoms with Gasteiger partial charge in [0, 0.05) is 32.7 Å². The summed E-state index contributed by atoms with van der Waals surface area (Å²) >= 11 is 0. The first-order valence-corrected chi connectivity index (χ1v) is 4.44. The van der Waals surface area contributed by atoms with E-state index in [1.54, 1.807) is 6.92 Å². The van der Waals surface area contributed by atoms with Gasteiger partial charge in [-0.05, 0) is 14.0 Å². The molecule has 0 rings (SSSR count). The van der Waals surface area contributed by atoms with Crippen molar-refractivity contribution in [1.29, 1.82) is 0 Å². The van der Waals surface area contributed by atoms with Crippen molar-refractivity contribution < 1.29 is 5.11 Å². The van der Waals surface area contributed by atoms with Crippen molar-refractivity contribution in [3.8, 4) is 0 Å². The number of aliphatic hydroxyl groups excluding tert-OH is 1. The molecule has 74 valence electrons. The summed E-state index contributed by atoms with van der Waals surface area (Å²) in [5.74, 6) is 0. The van der Waals surface area contributed by atoms with E-state index < -0.39 is 0 Å². The molecule has 0 radical (unpaired) electrons. The van der Waals surface area contributed by atoms with Gasteiger partial charge < -0.3 is 21.1 Å². The van der Waals surface area contributed by atoms with Gasteiger partial charge in [-0.2, -0.15) is 0 Å². The van der Waals surface area contributed by atoms with Gasteiger partial charge in [-0.15, -0.1) is 0 Å². The molecule has 12 heavy (non-hydrogen) atoms. The number of hydrogen-bond donors (Lipinski definition) is 3. The normalized spacial score (nSPS) is 13.8. The molecule has 0 amide bonds. The molecule has 0 aliphatic carbocycles. The smallest absolute Gasteiger partial charge is 0.0636 e. The highest BCUT2D eigenvalue weighted by Crippen LogP contribution is 1.79. The summed E-state index contributed by atoms with van der Waals surface area (Å²) in [7, 11) is 2.04. The van der Waals surface area contributed by atoms with Crippen LogP contribution in [0.25, 0.3) is 0 Å². The number of nitrogens with zero attached hydrogens (tertiary/aromatic N) is 1. The second-order valence-electron chi connectivity index (χ2n) is 3.15. The van der Waals surface area contributed by atoms with Crippen LogP contribution in [0.15, 0.2) is 0 Å². The minimum atomic E-state index is -0.259. The predicted octanol–water partition coefficient (Wildman–Crippen LogP) is -1.15. The van der Waals surface area contributed by atoms with Crippen molar-refractivity contribution in [2.75, 3.05) is 39.8 Å². The molecule has 0 saturated heterocycles. The van der Waals surface area contributed by atoms with E-state index in [1.807, 2.05) is 7.05 Å². The highest BCUT2D eigenvalue weighted by Gasteiger charge is 1.96. The molecule has 0 aromatic carbocycles. The summed E-state index contributed by atoms with van der Waals surface area (Å²) in [5, 5.41) is 12.1. The molecule has 1 atom stereocenters. The molecule has 0 bridgehead atoms. The van der Waals surface area contributed by atoms with Crippen LogP contribution in [0.5, 0.6) is 0 Å². The molecule has 0 spiro atoms. The molecule has 0 aromatic rings. The zero-order chi connectivity index (χ0) is 9.40. The van der Waals surface area contributed by atoms with Crippen molar-refractivity contribution in [3.05, 3.63) is 0 Å². The first kappa shape index (κ1) is 11.8. The number of nitrogens with two attached hydrogens (primary N) is 1. The zero-order valence-corrected chi connectivity index (χ0v) is 8.08. The zero-order valence-electron chi connectivity index (χ0n) is 8.08. The fourth-order valence-electron chi connectivity index (χ4n) is 0.913. The standard InChI is InChI=1S/C8H21N3O/c1-8(12)7-10-4-6-11(2)5-3-9/h8,10,12H,3-7,9H2,1-2H3. The summed E-state index contributed by atoms with van der Waals surface area (Å²) in [6.07, 6.45) is -0.259. The van der Waals surface area contributed by atoms with Crippen molar-refractivity contribution in [2.45, 2.75) is 13.0 Å². The van der Waals surface area contributed by atoms with Crippen molar-refractivity contribution in [1.82, 2.24) is 10.2 Å². The molecule has 0 aliphatic heterocycles. The molecule has 0 aliphatic rings. The number of hydrogen-bond acceptors (Lipinski definition) is 4. The van der Waals surface area contributed by atoms with Crippen LogP contribution in [0, 0.1) is 0 Å². The lowest BCUT2D eigenvalue weighted by atomic mass is 10.4. The number of likely N-dealkylation sites (N-methyl/N-ethyl adjacent to an activating group) is 1. The SMILES string of the molecule is CC(O)CNCCN(C)CCN. The summed E-state index contributed by atoms with van der Waals surface area (Å²) in [6, 6.07) is 0. The molecule has 0 aromatic heterocycles. The van der Waals surface area contributed by atoms with Crippen LogP contribution in [-0.2, 0) is 0 Å². The Morgan fingerprint density at radius 1 is 1.50 bits per heavy atom. The lowest BCUT2D eigenvalue weighted by Gasteiger charge is -2.15. The van der Waals surface area contributed by atoms with E-state index in [1.165, 1.54) is 0 Å². The Bertz CT molecular complexity index is 98.3. The van der Waals surface area contributed by atoms with Crippen molar-refractivity contribution >= 4 is 0 Å². The highest BCUT2D eigenvalue weighted by molar-refractivity contribution is 4.57. The maximum absolute atomic E-state index is 8.92. The Balaban J connectivity index is 3.08. The van der Waals surface area contributed by atoms with E-state index in [9.17, 15) is 0 Å². The number of nitrogens with one attached hydrogen (secondary N) is 1. The second kappa shape index (κ2) is 7.49. The van der Waals surface area contributed by atoms with Gasteiger partial charge in [-0.3, -0.25) is 0 Å². The molecule has 0 heterocycles. The highest BCUT2D eigenvalue weighted by atomic mass is 16.3. The van der Waals surface area contributed by atoms with Gasteiger partial charge in [0.15, 0.2) is 0 Å². The van der Waals surface area contributed by atoms with E-state index in [4.69, 9.17) is 10.8 Å². The fraction of sp³-hybridized carbons (Fsp3) is 1.00. The molecule has 0 saturated carbocycles. The van der Waals surface area contributed by atoms with Gasteiger partial charge >= 0.3 is 0 Å². The van der Waals surface area contributed by atoms with E-state index in [0.29, 0.717) is 13.1 Å². The number of rotatable bonds is 7. The third-order valence-corrected chi connectivity index (χ3v) is 1.62. The van der Waals surface area contributed by atoms with Crippen LogP contribution in [0.2, 0.25) is 0 Å². The topological polar surface area (TPSA) is 61.5 Å². The second-order valence-corrected chi connectivity index (χ2v) is 3.15. The first-order valence-electron chi connectivity index (χ1n) is 4.44. The molecular weight excluding hydrogens is 154 g/mol. The van der Waals surface area contributed by atoms with E-state index in [2.05, 4.69) is 10.2 Å². The average molecular weight is 175 g/mol. The fourth-order valence-corrected chi connectivity index (χ4v) is 0.913. The van der Waals surface area contributed by atoms with E-state index in [-0.39, 0.29) is 6.10 Å². The molecule has 4 N–H and O–H groups in total. The Labute approximate surface area is 74.7 Å². The van der Waals surface area contributed by atoms with Crippen molar-refractivity contribution in [3.63, 3.8) is 0 Å². The average Bonchev–Trinajstić information content (AvgIpc) is 1.98. The van der Waals surface area contributed by atoms with Crippen LogP contribution in [0.4, 0.5) is 0 Å². The maximum atomic E-state index is 8.92. The molecule has 1 unspecified atom stereocenters. The predicted molar refractivity (Wildman–Crippen MR) is 51.1 cm³/mol. The lowest BCUT2D eigenvalue weighted by molar-refractivity contribution is 0.189. The van der Waals surface area contributed by atoms with Crippen LogP contribution in [0.1, 0.15) is 6.92 Å². The van der Waals surface area contributed by atoms with Crippen LogP contribution in [-0.4, -0.2) is 55.9 Å². The summed E-state index contributed by atoms with van der Waals surface area (Å²) in [5.41, 5.74) is 5.38. The minimum absolute atomic E-state index is 0.259. The van der Waals surface area contributed by atoms with Crippen LogP contribution >= 0.6 is 0 Å². The van der Waals surface area contributed by atoms with E-state index in [0.717, 1.165) is 19.6 Å². The van der Waals surface area contributed by atoms with Crippen LogP contribution in [0.3, 0.4) is 0 Å². The number of aliphatic hydroxyl groups is 1. The summed E-state index contributed by atoms with van der Waals surface area (Å²) < 4.78 is 0. The summed E-state index contributed by atoms with van der Waals surface area (Å²) in [4.78, 5) is 2.16. The molecule has 4 nitrogen and oxygen atoms in total. The van der Waals surface area contributed by atoms with Crippen molar-refractivity contribution in [2.24, 2.45) is 5.73 Å². The van der Waals surface area contributed by atoms with Gasteiger partial charge in [-0.25, -0.2) is 0 Å². The Hall–Kier alpha value is -0.160. The van der Waals surface area contributed by atoms with Gasteiger partial charge in [0.2, 0.25) is 0 Å². The Kier molecular flexibility index (Phi) is 7.39. The van der Waals surface area contributed by atoms with Crippen LogP contribution < -0.4 is 11.1 Å². The largest absolute Gasteiger partial charge is 0.392 e. The van der Waals surface area contributed by atoms with Gasteiger partial charge in [0.1, 0.15) is 0 Å². The lowest BCUT2D eigenvalue weighted by Crippen LogP contribution is -2.35. The Morgan fingerprint density at radius 3 is 2.67 bits per heavy atom. The summed E-state index contributed by atoms with van der Waals surface area (Å²) in [6.45, 7) is 5.95.